The first-order chi connectivity index (χ1) is 16.4. The number of anilines is 1. The van der Waals surface area contributed by atoms with Crippen molar-refractivity contribution in [2.75, 3.05) is 24.2 Å². The van der Waals surface area contributed by atoms with Crippen LogP contribution in [-0.4, -0.2) is 57.1 Å². The maximum atomic E-state index is 13.7. The van der Waals surface area contributed by atoms with Gasteiger partial charge in [0.2, 0.25) is 21.8 Å². The van der Waals surface area contributed by atoms with Crippen LogP contribution in [0.5, 0.6) is 5.75 Å². The lowest BCUT2D eigenvalue weighted by atomic mass is 10.1. The summed E-state index contributed by atoms with van der Waals surface area (Å²) in [5.41, 5.74) is 0.734. The summed E-state index contributed by atoms with van der Waals surface area (Å²) in [4.78, 5) is 27.9. The fourth-order valence-electron chi connectivity index (χ4n) is 3.52. The van der Waals surface area contributed by atoms with E-state index in [1.165, 1.54) is 18.1 Å². The van der Waals surface area contributed by atoms with Gasteiger partial charge in [-0.1, -0.05) is 30.7 Å². The van der Waals surface area contributed by atoms with Crippen LogP contribution in [0.3, 0.4) is 0 Å². The molecule has 0 saturated heterocycles. The van der Waals surface area contributed by atoms with Crippen LogP contribution in [0.1, 0.15) is 32.8 Å². The minimum atomic E-state index is -3.95. The van der Waals surface area contributed by atoms with Crippen molar-refractivity contribution < 1.29 is 27.1 Å². The third-order valence-electron chi connectivity index (χ3n) is 5.17. The maximum absolute atomic E-state index is 13.7. The van der Waals surface area contributed by atoms with Crippen molar-refractivity contribution in [3.05, 3.63) is 58.9 Å². The van der Waals surface area contributed by atoms with Crippen molar-refractivity contribution in [2.45, 2.75) is 45.8 Å². The maximum Gasteiger partial charge on any atom is 0.244 e. The summed E-state index contributed by atoms with van der Waals surface area (Å²) < 4.78 is 44.9. The fourth-order valence-corrected chi connectivity index (χ4v) is 4.54. The van der Waals surface area contributed by atoms with Gasteiger partial charge >= 0.3 is 0 Å². The molecule has 2 aromatic rings. The van der Waals surface area contributed by atoms with Gasteiger partial charge in [-0.2, -0.15) is 0 Å². The highest BCUT2D eigenvalue weighted by Crippen LogP contribution is 2.25. The molecular formula is C24H31ClFN3O5S. The van der Waals surface area contributed by atoms with E-state index in [2.05, 4.69) is 5.32 Å². The quantitative estimate of drug-likeness (QED) is 0.482. The van der Waals surface area contributed by atoms with E-state index in [4.69, 9.17) is 16.3 Å². The molecule has 0 spiro atoms. The average Bonchev–Trinajstić information content (AvgIpc) is 2.78. The van der Waals surface area contributed by atoms with Crippen molar-refractivity contribution in [3.63, 3.8) is 0 Å². The van der Waals surface area contributed by atoms with Crippen LogP contribution in [0.2, 0.25) is 5.02 Å². The first-order valence-corrected chi connectivity index (χ1v) is 13.3. The van der Waals surface area contributed by atoms with E-state index < -0.39 is 34.3 Å². The molecule has 0 bridgehead atoms. The Labute approximate surface area is 211 Å². The number of halogens is 2. The smallest absolute Gasteiger partial charge is 0.244 e. The monoisotopic (exact) mass is 527 g/mol. The Kier molecular flexibility index (Phi) is 9.91. The van der Waals surface area contributed by atoms with Gasteiger partial charge in [-0.3, -0.25) is 13.9 Å². The van der Waals surface area contributed by atoms with Gasteiger partial charge in [-0.15, -0.1) is 0 Å². The van der Waals surface area contributed by atoms with Crippen LogP contribution in [0, 0.1) is 5.82 Å². The van der Waals surface area contributed by atoms with E-state index in [1.54, 1.807) is 31.2 Å². The number of amides is 2. The van der Waals surface area contributed by atoms with Gasteiger partial charge in [-0.05, 0) is 56.2 Å². The summed E-state index contributed by atoms with van der Waals surface area (Å²) in [5, 5.41) is 2.54. The Morgan fingerprint density at radius 1 is 1.17 bits per heavy atom. The van der Waals surface area contributed by atoms with Gasteiger partial charge in [0.15, 0.2) is 0 Å². The molecule has 0 aliphatic carbocycles. The number of hydrogen-bond acceptors (Lipinski definition) is 5. The standard InChI is InChI=1S/C24H31ClFN3O5S/c1-6-22(24(31)27-16(2)3)28(14-17-8-7-9-19(12-17)34-4)23(30)15-29(35(5,32)33)18-10-11-21(26)20(25)13-18/h7-13,16,22H,6,14-15H2,1-5H3,(H,27,31). The Hall–Kier alpha value is -2.85. The van der Waals surface area contributed by atoms with Gasteiger partial charge in [0, 0.05) is 12.6 Å². The van der Waals surface area contributed by atoms with Crippen LogP contribution in [0.4, 0.5) is 10.1 Å². The number of benzene rings is 2. The van der Waals surface area contributed by atoms with Crippen molar-refractivity contribution >= 4 is 39.1 Å². The normalized spacial score (nSPS) is 12.2. The van der Waals surface area contributed by atoms with Crippen LogP contribution in [0.25, 0.3) is 0 Å². The lowest BCUT2D eigenvalue weighted by Crippen LogP contribution is -2.53. The molecule has 2 aromatic carbocycles. The van der Waals surface area contributed by atoms with Crippen molar-refractivity contribution in [1.29, 1.82) is 0 Å². The molecule has 0 radical (unpaired) electrons. The highest BCUT2D eigenvalue weighted by Gasteiger charge is 2.32. The summed E-state index contributed by atoms with van der Waals surface area (Å²) >= 11 is 5.85. The van der Waals surface area contributed by atoms with Crippen LogP contribution < -0.4 is 14.4 Å². The third kappa shape index (κ3) is 7.83. The zero-order valence-corrected chi connectivity index (χ0v) is 22.0. The number of carbonyl (C=O) groups excluding carboxylic acids is 2. The molecule has 0 aromatic heterocycles. The van der Waals surface area contributed by atoms with Crippen LogP contribution in [-0.2, 0) is 26.2 Å². The van der Waals surface area contributed by atoms with E-state index in [-0.39, 0.29) is 29.2 Å². The second-order valence-electron chi connectivity index (χ2n) is 8.33. The number of nitrogens with zero attached hydrogens (tertiary/aromatic N) is 2. The second-order valence-corrected chi connectivity index (χ2v) is 10.6. The number of nitrogens with one attached hydrogen (secondary N) is 1. The number of sulfonamides is 1. The predicted octanol–water partition coefficient (Wildman–Crippen LogP) is 3.59. The molecule has 192 valence electrons. The lowest BCUT2D eigenvalue weighted by molar-refractivity contribution is -0.140. The van der Waals surface area contributed by atoms with Crippen LogP contribution in [0.15, 0.2) is 42.5 Å². The first-order valence-electron chi connectivity index (χ1n) is 11.0. The van der Waals surface area contributed by atoms with Gasteiger partial charge in [0.05, 0.1) is 24.1 Å². The summed E-state index contributed by atoms with van der Waals surface area (Å²) in [6, 6.07) is 9.42. The second kappa shape index (κ2) is 12.2. The SMILES string of the molecule is CCC(C(=O)NC(C)C)N(Cc1cccc(OC)c1)C(=O)CN(c1ccc(F)c(Cl)c1)S(C)(=O)=O. The summed E-state index contributed by atoms with van der Waals surface area (Å²) in [6.07, 6.45) is 1.24. The van der Waals surface area contributed by atoms with Gasteiger partial charge in [0.25, 0.3) is 0 Å². The Morgan fingerprint density at radius 2 is 1.86 bits per heavy atom. The molecule has 0 saturated carbocycles. The lowest BCUT2D eigenvalue weighted by Gasteiger charge is -2.33. The van der Waals surface area contributed by atoms with E-state index >= 15 is 0 Å². The number of rotatable bonds is 11. The number of hydrogen-bond donors (Lipinski definition) is 1. The zero-order chi connectivity index (χ0) is 26.3. The Morgan fingerprint density at radius 3 is 2.40 bits per heavy atom. The third-order valence-corrected chi connectivity index (χ3v) is 6.60. The van der Waals surface area contributed by atoms with Crippen molar-refractivity contribution in [2.24, 2.45) is 0 Å². The average molecular weight is 528 g/mol. The molecule has 0 heterocycles. The molecule has 8 nitrogen and oxygen atoms in total. The topological polar surface area (TPSA) is 96.0 Å². The highest BCUT2D eigenvalue weighted by molar-refractivity contribution is 7.92. The molecule has 11 heteroatoms. The van der Waals surface area contributed by atoms with E-state index in [1.807, 2.05) is 13.8 Å². The van der Waals surface area contributed by atoms with E-state index in [9.17, 15) is 22.4 Å². The zero-order valence-electron chi connectivity index (χ0n) is 20.4. The Balaban J connectivity index is 2.47. The van der Waals surface area contributed by atoms with Gasteiger partial charge in [0.1, 0.15) is 24.2 Å². The van der Waals surface area contributed by atoms with E-state index in [0.29, 0.717) is 17.7 Å². The fraction of sp³-hybridized carbons (Fsp3) is 0.417. The molecule has 1 N–H and O–H groups in total. The molecule has 1 unspecified atom stereocenters. The first kappa shape index (κ1) is 28.4. The predicted molar refractivity (Wildman–Crippen MR) is 135 cm³/mol. The summed E-state index contributed by atoms with van der Waals surface area (Å²) in [5.74, 6) is -1.10. The number of carbonyl (C=O) groups is 2. The molecular weight excluding hydrogens is 497 g/mol. The minimum Gasteiger partial charge on any atom is -0.497 e. The molecule has 35 heavy (non-hydrogen) atoms. The van der Waals surface area contributed by atoms with Gasteiger partial charge < -0.3 is 15.0 Å². The molecule has 2 rings (SSSR count). The Bertz CT molecular complexity index is 1160. The molecule has 0 aliphatic heterocycles. The largest absolute Gasteiger partial charge is 0.497 e. The highest BCUT2D eigenvalue weighted by atomic mass is 35.5. The van der Waals surface area contributed by atoms with Gasteiger partial charge in [-0.25, -0.2) is 12.8 Å². The van der Waals surface area contributed by atoms with Crippen LogP contribution >= 0.6 is 11.6 Å². The molecule has 0 fully saturated rings. The summed E-state index contributed by atoms with van der Waals surface area (Å²) in [7, 11) is -2.43. The molecule has 0 aliphatic rings. The number of methoxy groups -OCH3 is 1. The minimum absolute atomic E-state index is 0.0354. The van der Waals surface area contributed by atoms with Crippen molar-refractivity contribution in [3.8, 4) is 5.75 Å². The number of ether oxygens (including phenoxy) is 1. The molecule has 1 atom stereocenters. The van der Waals surface area contributed by atoms with Crippen molar-refractivity contribution in [1.82, 2.24) is 10.2 Å². The summed E-state index contributed by atoms with van der Waals surface area (Å²) in [6.45, 7) is 4.83. The van der Waals surface area contributed by atoms with E-state index in [0.717, 1.165) is 22.7 Å². The molecule has 2 amide bonds.